The number of nitrogens with zero attached hydrogens (tertiary/aromatic N) is 2. The first-order valence-electron chi connectivity index (χ1n) is 7.08. The lowest BCUT2D eigenvalue weighted by atomic mass is 10.1. The molecule has 0 unspecified atom stereocenters. The highest BCUT2D eigenvalue weighted by Crippen LogP contribution is 2.21. The third-order valence-electron chi connectivity index (χ3n) is 2.85. The van der Waals surface area contributed by atoms with Gasteiger partial charge in [-0.05, 0) is 57.9 Å². The van der Waals surface area contributed by atoms with Crippen molar-refractivity contribution in [3.63, 3.8) is 0 Å². The predicted octanol–water partition coefficient (Wildman–Crippen LogP) is 3.42. The van der Waals surface area contributed by atoms with Gasteiger partial charge in [0, 0.05) is 0 Å². The molecule has 0 radical (unpaired) electrons. The van der Waals surface area contributed by atoms with E-state index in [1.54, 1.807) is 31.6 Å². The summed E-state index contributed by atoms with van der Waals surface area (Å²) in [5.41, 5.74) is 8.87. The van der Waals surface area contributed by atoms with Gasteiger partial charge in [0.05, 0.1) is 11.9 Å². The lowest BCUT2D eigenvalue weighted by Gasteiger charge is -2.19. The molecule has 6 heteroatoms. The van der Waals surface area contributed by atoms with E-state index >= 15 is 0 Å². The smallest absolute Gasteiger partial charge is 0.412 e. The van der Waals surface area contributed by atoms with E-state index in [0.717, 1.165) is 16.8 Å². The quantitative estimate of drug-likeness (QED) is 0.890. The van der Waals surface area contributed by atoms with Gasteiger partial charge in [0.2, 0.25) is 0 Å². The highest BCUT2D eigenvalue weighted by atomic mass is 16.6. The lowest BCUT2D eigenvalue weighted by Crippen LogP contribution is -2.27. The van der Waals surface area contributed by atoms with Crippen LogP contribution in [0, 0.1) is 13.8 Å². The third kappa shape index (κ3) is 4.00. The molecule has 0 fully saturated rings. The molecule has 1 aromatic heterocycles. The van der Waals surface area contributed by atoms with Gasteiger partial charge in [-0.25, -0.2) is 9.48 Å². The summed E-state index contributed by atoms with van der Waals surface area (Å²) in [5, 5.41) is 6.85. The van der Waals surface area contributed by atoms with Crippen LogP contribution in [0.4, 0.5) is 16.3 Å². The van der Waals surface area contributed by atoms with Gasteiger partial charge in [0.15, 0.2) is 5.82 Å². The van der Waals surface area contributed by atoms with Crippen molar-refractivity contribution in [3.05, 3.63) is 35.5 Å². The Kier molecular flexibility index (Phi) is 4.12. The van der Waals surface area contributed by atoms with Crippen LogP contribution >= 0.6 is 0 Å². The van der Waals surface area contributed by atoms with E-state index in [1.165, 1.54) is 0 Å². The SMILES string of the molecule is Cc1cc(C)cc(-n2cc(NC(=O)OC(C)(C)C)c(N)n2)c1. The number of anilines is 2. The van der Waals surface area contributed by atoms with Gasteiger partial charge in [-0.3, -0.25) is 5.32 Å². The Labute approximate surface area is 130 Å². The second-order valence-electron chi connectivity index (χ2n) is 6.35. The molecule has 2 aromatic rings. The molecule has 1 amide bonds. The highest BCUT2D eigenvalue weighted by Gasteiger charge is 2.18. The molecule has 6 nitrogen and oxygen atoms in total. The first-order valence-corrected chi connectivity index (χ1v) is 7.08. The lowest BCUT2D eigenvalue weighted by molar-refractivity contribution is 0.0636. The normalized spacial score (nSPS) is 11.3. The Morgan fingerprint density at radius 2 is 1.82 bits per heavy atom. The number of nitrogens with two attached hydrogens (primary N) is 1. The van der Waals surface area contributed by atoms with Crippen molar-refractivity contribution in [2.75, 3.05) is 11.1 Å². The Bertz CT molecular complexity index is 678. The van der Waals surface area contributed by atoms with E-state index in [9.17, 15) is 4.79 Å². The number of benzene rings is 1. The van der Waals surface area contributed by atoms with Crippen molar-refractivity contribution in [3.8, 4) is 5.69 Å². The first kappa shape index (κ1) is 15.9. The second-order valence-corrected chi connectivity index (χ2v) is 6.35. The Hall–Kier alpha value is -2.50. The molecule has 3 N–H and O–H groups in total. The van der Waals surface area contributed by atoms with Crippen molar-refractivity contribution in [1.29, 1.82) is 0 Å². The van der Waals surface area contributed by atoms with E-state index in [2.05, 4.69) is 16.5 Å². The summed E-state index contributed by atoms with van der Waals surface area (Å²) < 4.78 is 6.85. The summed E-state index contributed by atoms with van der Waals surface area (Å²) in [6.07, 6.45) is 1.12. The average molecular weight is 302 g/mol. The number of nitrogens with one attached hydrogen (secondary N) is 1. The molecular weight excluding hydrogens is 280 g/mol. The van der Waals surface area contributed by atoms with Crippen LogP contribution in [-0.2, 0) is 4.74 Å². The Balaban J connectivity index is 2.23. The van der Waals surface area contributed by atoms with Gasteiger partial charge in [-0.2, -0.15) is 0 Å². The number of amides is 1. The fourth-order valence-electron chi connectivity index (χ4n) is 2.11. The molecule has 1 heterocycles. The predicted molar refractivity (Wildman–Crippen MR) is 87.3 cm³/mol. The van der Waals surface area contributed by atoms with Crippen molar-refractivity contribution >= 4 is 17.6 Å². The maximum absolute atomic E-state index is 11.8. The van der Waals surface area contributed by atoms with Gasteiger partial charge in [0.1, 0.15) is 11.3 Å². The number of aromatic nitrogens is 2. The van der Waals surface area contributed by atoms with Gasteiger partial charge >= 0.3 is 6.09 Å². The van der Waals surface area contributed by atoms with E-state index in [1.807, 2.05) is 26.0 Å². The molecular formula is C16H22N4O2. The minimum Gasteiger partial charge on any atom is -0.444 e. The minimum absolute atomic E-state index is 0.241. The van der Waals surface area contributed by atoms with E-state index < -0.39 is 11.7 Å². The zero-order valence-electron chi connectivity index (χ0n) is 13.6. The minimum atomic E-state index is -0.567. The zero-order valence-corrected chi connectivity index (χ0v) is 13.6. The largest absolute Gasteiger partial charge is 0.444 e. The van der Waals surface area contributed by atoms with Crippen LogP contribution in [-0.4, -0.2) is 21.5 Å². The van der Waals surface area contributed by atoms with Crippen LogP contribution in [0.5, 0.6) is 0 Å². The summed E-state index contributed by atoms with van der Waals surface area (Å²) >= 11 is 0. The summed E-state index contributed by atoms with van der Waals surface area (Å²) in [6, 6.07) is 6.07. The van der Waals surface area contributed by atoms with Gasteiger partial charge in [-0.15, -0.1) is 5.10 Å². The Morgan fingerprint density at radius 3 is 2.36 bits per heavy atom. The molecule has 0 bridgehead atoms. The number of ether oxygens (including phenoxy) is 1. The Morgan fingerprint density at radius 1 is 1.23 bits per heavy atom. The fourth-order valence-corrected chi connectivity index (χ4v) is 2.11. The van der Waals surface area contributed by atoms with Gasteiger partial charge in [-0.1, -0.05) is 6.07 Å². The molecule has 0 atom stereocenters. The molecule has 0 aliphatic carbocycles. The van der Waals surface area contributed by atoms with Crippen LogP contribution in [0.25, 0.3) is 5.69 Å². The number of carbonyl (C=O) groups excluding carboxylic acids is 1. The summed E-state index contributed by atoms with van der Waals surface area (Å²) in [5.74, 6) is 0.241. The summed E-state index contributed by atoms with van der Waals surface area (Å²) in [6.45, 7) is 9.44. The maximum Gasteiger partial charge on any atom is 0.412 e. The number of hydrogen-bond acceptors (Lipinski definition) is 4. The number of rotatable bonds is 2. The standard InChI is InChI=1S/C16H22N4O2/c1-10-6-11(2)8-12(7-10)20-9-13(14(17)19-20)18-15(21)22-16(3,4)5/h6-9H,1-5H3,(H2,17,19)(H,18,21). The van der Waals surface area contributed by atoms with Gasteiger partial charge in [0.25, 0.3) is 0 Å². The van der Waals surface area contributed by atoms with Crippen LogP contribution in [0.1, 0.15) is 31.9 Å². The zero-order chi connectivity index (χ0) is 16.5. The molecule has 0 spiro atoms. The summed E-state index contributed by atoms with van der Waals surface area (Å²) in [4.78, 5) is 11.8. The van der Waals surface area contributed by atoms with Crippen molar-refractivity contribution in [1.82, 2.24) is 9.78 Å². The number of carbonyl (C=O) groups is 1. The molecule has 0 saturated carbocycles. The number of nitrogen functional groups attached to an aromatic ring is 1. The van der Waals surface area contributed by atoms with Crippen molar-refractivity contribution in [2.24, 2.45) is 0 Å². The fraction of sp³-hybridized carbons (Fsp3) is 0.375. The first-order chi connectivity index (χ1) is 10.1. The summed E-state index contributed by atoms with van der Waals surface area (Å²) in [7, 11) is 0. The van der Waals surface area contributed by atoms with Crippen molar-refractivity contribution in [2.45, 2.75) is 40.2 Å². The molecule has 1 aromatic carbocycles. The topological polar surface area (TPSA) is 82.2 Å². The van der Waals surface area contributed by atoms with Crippen LogP contribution in [0.2, 0.25) is 0 Å². The van der Waals surface area contributed by atoms with Crippen LogP contribution < -0.4 is 11.1 Å². The van der Waals surface area contributed by atoms with E-state index in [4.69, 9.17) is 10.5 Å². The average Bonchev–Trinajstić information content (AvgIpc) is 2.67. The van der Waals surface area contributed by atoms with E-state index in [-0.39, 0.29) is 5.82 Å². The second kappa shape index (κ2) is 5.71. The van der Waals surface area contributed by atoms with Crippen molar-refractivity contribution < 1.29 is 9.53 Å². The number of aryl methyl sites for hydroxylation is 2. The molecule has 118 valence electrons. The molecule has 0 aliphatic heterocycles. The molecule has 0 saturated heterocycles. The molecule has 22 heavy (non-hydrogen) atoms. The molecule has 2 rings (SSSR count). The van der Waals surface area contributed by atoms with E-state index in [0.29, 0.717) is 5.69 Å². The maximum atomic E-state index is 11.8. The monoisotopic (exact) mass is 302 g/mol. The third-order valence-corrected chi connectivity index (χ3v) is 2.85. The number of hydrogen-bond donors (Lipinski definition) is 2. The van der Waals surface area contributed by atoms with Crippen LogP contribution in [0.15, 0.2) is 24.4 Å². The van der Waals surface area contributed by atoms with Gasteiger partial charge < -0.3 is 10.5 Å². The van der Waals surface area contributed by atoms with Crippen LogP contribution in [0.3, 0.4) is 0 Å². The molecule has 0 aliphatic rings. The highest BCUT2D eigenvalue weighted by molar-refractivity contribution is 5.88.